The molecule has 1 aromatic heterocycles. The first-order valence-corrected chi connectivity index (χ1v) is 13.1. The molecule has 36 heavy (non-hydrogen) atoms. The van der Waals surface area contributed by atoms with Crippen molar-refractivity contribution >= 4 is 46.3 Å². The van der Waals surface area contributed by atoms with Gasteiger partial charge in [0, 0.05) is 38.1 Å². The second-order valence-corrected chi connectivity index (χ2v) is 11.2. The Morgan fingerprint density at radius 2 is 1.92 bits per heavy atom. The third-order valence-corrected chi connectivity index (χ3v) is 8.95. The van der Waals surface area contributed by atoms with Crippen LogP contribution in [0.3, 0.4) is 0 Å². The van der Waals surface area contributed by atoms with E-state index in [9.17, 15) is 24.3 Å². The molecule has 1 aliphatic heterocycles. The van der Waals surface area contributed by atoms with E-state index in [2.05, 4.69) is 0 Å². The summed E-state index contributed by atoms with van der Waals surface area (Å²) in [6, 6.07) is 8.42. The molecule has 4 atom stereocenters. The Bertz CT molecular complexity index is 1450. The van der Waals surface area contributed by atoms with Crippen molar-refractivity contribution in [3.05, 3.63) is 85.6 Å². The highest BCUT2D eigenvalue weighted by molar-refractivity contribution is 7.09. The molecule has 4 aliphatic rings. The number of Topliss-reactive ketones (excluding diaryl/α,β-unsaturated/α-hetero) is 1. The van der Waals surface area contributed by atoms with Gasteiger partial charge in [-0.2, -0.15) is 0 Å². The second kappa shape index (κ2) is 8.39. The maximum atomic E-state index is 13.7. The lowest BCUT2D eigenvalue weighted by atomic mass is 9.59. The average Bonchev–Trinajstić information content (AvgIpc) is 3.46. The third kappa shape index (κ3) is 3.37. The first-order valence-electron chi connectivity index (χ1n) is 11.8. The number of halogens is 1. The molecule has 0 bridgehead atoms. The highest BCUT2D eigenvalue weighted by atomic mass is 35.5. The number of hydrogen-bond acceptors (Lipinski definition) is 6. The molecule has 2 heterocycles. The van der Waals surface area contributed by atoms with Gasteiger partial charge in [0.15, 0.2) is 11.6 Å². The van der Waals surface area contributed by atoms with E-state index >= 15 is 0 Å². The van der Waals surface area contributed by atoms with E-state index in [4.69, 9.17) is 11.6 Å². The predicted molar refractivity (Wildman–Crippen MR) is 134 cm³/mol. The predicted octanol–water partition coefficient (Wildman–Crippen LogP) is 4.74. The molecule has 1 saturated heterocycles. The van der Waals surface area contributed by atoms with E-state index in [1.165, 1.54) is 28.4 Å². The topological polar surface area (TPSA) is 91.8 Å². The summed E-state index contributed by atoms with van der Waals surface area (Å²) in [5.41, 5.74) is 2.25. The van der Waals surface area contributed by atoms with Gasteiger partial charge < -0.3 is 5.11 Å². The van der Waals surface area contributed by atoms with Crippen molar-refractivity contribution in [1.82, 2.24) is 4.90 Å². The van der Waals surface area contributed by atoms with E-state index in [-0.39, 0.29) is 42.1 Å². The number of phenols is 1. The van der Waals surface area contributed by atoms with Crippen LogP contribution in [0.25, 0.3) is 0 Å². The largest absolute Gasteiger partial charge is 0.508 e. The first kappa shape index (κ1) is 23.1. The van der Waals surface area contributed by atoms with Gasteiger partial charge in [0.1, 0.15) is 5.75 Å². The molecule has 2 amide bonds. The normalized spacial score (nSPS) is 27.6. The lowest BCUT2D eigenvalue weighted by Gasteiger charge is -2.42. The lowest BCUT2D eigenvalue weighted by molar-refractivity contribution is -0.140. The minimum atomic E-state index is -0.715. The highest BCUT2D eigenvalue weighted by Gasteiger charge is 2.56. The average molecular weight is 520 g/mol. The molecule has 6 rings (SSSR count). The number of thiophene rings is 1. The smallest absolute Gasteiger partial charge is 0.234 e. The number of amides is 2. The molecule has 8 heteroatoms. The van der Waals surface area contributed by atoms with Gasteiger partial charge in [-0.15, -0.1) is 11.3 Å². The van der Waals surface area contributed by atoms with Crippen molar-refractivity contribution in [1.29, 1.82) is 0 Å². The van der Waals surface area contributed by atoms with Crippen LogP contribution in [0.5, 0.6) is 5.75 Å². The molecule has 1 N–H and O–H groups in total. The molecule has 0 radical (unpaired) electrons. The van der Waals surface area contributed by atoms with Crippen LogP contribution < -0.4 is 0 Å². The zero-order valence-electron chi connectivity index (χ0n) is 19.4. The van der Waals surface area contributed by atoms with Gasteiger partial charge in [0.05, 0.1) is 18.4 Å². The Balaban J connectivity index is 1.48. The van der Waals surface area contributed by atoms with Crippen molar-refractivity contribution in [2.45, 2.75) is 32.2 Å². The Kier molecular flexibility index (Phi) is 5.39. The Hall–Kier alpha value is -3.29. The van der Waals surface area contributed by atoms with Crippen molar-refractivity contribution < 1.29 is 24.3 Å². The number of allylic oxidation sites excluding steroid dienone is 6. The highest BCUT2D eigenvalue weighted by Crippen LogP contribution is 2.56. The monoisotopic (exact) mass is 519 g/mol. The number of carbonyl (C=O) groups is 4. The minimum absolute atomic E-state index is 0.0412. The van der Waals surface area contributed by atoms with Crippen LogP contribution in [0.1, 0.15) is 36.1 Å². The number of rotatable bonds is 3. The molecule has 182 valence electrons. The van der Waals surface area contributed by atoms with Gasteiger partial charge in [0.2, 0.25) is 11.8 Å². The Morgan fingerprint density at radius 3 is 2.67 bits per heavy atom. The Morgan fingerprint density at radius 1 is 1.11 bits per heavy atom. The van der Waals surface area contributed by atoms with Crippen LogP contribution in [-0.4, -0.2) is 33.4 Å². The number of imide groups is 1. The molecule has 3 aliphatic carbocycles. The zero-order chi connectivity index (χ0) is 25.3. The summed E-state index contributed by atoms with van der Waals surface area (Å²) in [5.74, 6) is -3.26. The summed E-state index contributed by atoms with van der Waals surface area (Å²) in [5, 5.41) is 13.1. The molecule has 0 saturated carbocycles. The second-order valence-electron chi connectivity index (χ2n) is 9.77. The van der Waals surface area contributed by atoms with Gasteiger partial charge in [0.25, 0.3) is 0 Å². The van der Waals surface area contributed by atoms with Gasteiger partial charge in [-0.05, 0) is 61.4 Å². The van der Waals surface area contributed by atoms with Crippen LogP contribution >= 0.6 is 22.9 Å². The number of benzene rings is 1. The van der Waals surface area contributed by atoms with E-state index in [0.29, 0.717) is 33.7 Å². The van der Waals surface area contributed by atoms with Gasteiger partial charge in [-0.1, -0.05) is 29.3 Å². The molecule has 2 aromatic rings. The van der Waals surface area contributed by atoms with Crippen molar-refractivity contribution in [2.75, 3.05) is 0 Å². The van der Waals surface area contributed by atoms with E-state index in [1.807, 2.05) is 23.6 Å². The van der Waals surface area contributed by atoms with Crippen LogP contribution in [0.15, 0.2) is 70.2 Å². The van der Waals surface area contributed by atoms with Gasteiger partial charge in [-0.3, -0.25) is 24.1 Å². The maximum Gasteiger partial charge on any atom is 0.234 e. The number of aromatic hydroxyl groups is 1. The number of phenolic OH excluding ortho intramolecular Hbond substituents is 1. The summed E-state index contributed by atoms with van der Waals surface area (Å²) in [7, 11) is 0. The third-order valence-electron chi connectivity index (χ3n) is 7.85. The zero-order valence-corrected chi connectivity index (χ0v) is 20.9. The summed E-state index contributed by atoms with van der Waals surface area (Å²) < 4.78 is 0. The standard InChI is InChI=1S/C28H22ClNO5S/c1-13-9-22(32)20-11-18-16(23(25(20)26(13)33)19-10-14(29)4-7-21(19)31)5-6-17-24(18)28(35)30(27(17)34)12-15-3-2-8-36-15/h2-5,7-10,17-18,23-24,31H,6,11-12H2,1H3. The number of nitrogens with zero attached hydrogens (tertiary/aromatic N) is 1. The van der Waals surface area contributed by atoms with Gasteiger partial charge in [-0.25, -0.2) is 0 Å². The van der Waals surface area contributed by atoms with Crippen LogP contribution in [0.4, 0.5) is 0 Å². The summed E-state index contributed by atoms with van der Waals surface area (Å²) in [4.78, 5) is 55.8. The quantitative estimate of drug-likeness (QED) is 0.359. The summed E-state index contributed by atoms with van der Waals surface area (Å²) in [6.45, 7) is 1.84. The number of hydrogen-bond donors (Lipinski definition) is 1. The van der Waals surface area contributed by atoms with E-state index < -0.39 is 23.7 Å². The molecule has 4 unspecified atom stereocenters. The summed E-state index contributed by atoms with van der Waals surface area (Å²) in [6.07, 6.45) is 3.85. The molecular formula is C28H22ClNO5S. The summed E-state index contributed by atoms with van der Waals surface area (Å²) >= 11 is 7.77. The van der Waals surface area contributed by atoms with Crippen LogP contribution in [0.2, 0.25) is 5.02 Å². The van der Waals surface area contributed by atoms with E-state index in [0.717, 1.165) is 10.5 Å². The van der Waals surface area contributed by atoms with Crippen molar-refractivity contribution in [3.63, 3.8) is 0 Å². The van der Waals surface area contributed by atoms with Crippen LogP contribution in [0, 0.1) is 17.8 Å². The molecule has 1 fully saturated rings. The number of likely N-dealkylation sites (tertiary alicyclic amines) is 1. The van der Waals surface area contributed by atoms with E-state index in [1.54, 1.807) is 19.1 Å². The molecule has 1 aromatic carbocycles. The Labute approximate surface area is 216 Å². The van der Waals surface area contributed by atoms with Crippen LogP contribution in [-0.2, 0) is 25.7 Å². The minimum Gasteiger partial charge on any atom is -0.508 e. The van der Waals surface area contributed by atoms with Gasteiger partial charge >= 0.3 is 0 Å². The molecule has 0 spiro atoms. The molecular weight excluding hydrogens is 498 g/mol. The van der Waals surface area contributed by atoms with Crippen molar-refractivity contribution in [3.8, 4) is 5.75 Å². The SMILES string of the molecule is CC1=CC(=O)C2=C(C1=O)C(c1cc(Cl)ccc1O)C1=CCC3C(=O)N(Cc4cccs4)C(=O)C3C1C2. The first-order chi connectivity index (χ1) is 17.3. The number of ketones is 2. The fourth-order valence-corrected chi connectivity index (χ4v) is 7.13. The lowest BCUT2D eigenvalue weighted by Crippen LogP contribution is -2.39. The fraction of sp³-hybridized carbons (Fsp3) is 0.286. The maximum absolute atomic E-state index is 13.7. The number of fused-ring (bicyclic) bond motifs is 3. The fourth-order valence-electron chi connectivity index (χ4n) is 6.25. The molecule has 6 nitrogen and oxygen atoms in total. The number of carbonyl (C=O) groups excluding carboxylic acids is 4. The van der Waals surface area contributed by atoms with Crippen molar-refractivity contribution in [2.24, 2.45) is 17.8 Å².